The largest absolute Gasteiger partial charge is 0.294 e. The van der Waals surface area contributed by atoms with Crippen molar-refractivity contribution in [3.8, 4) is 10.8 Å². The van der Waals surface area contributed by atoms with Gasteiger partial charge < -0.3 is 0 Å². The van der Waals surface area contributed by atoms with Crippen molar-refractivity contribution < 1.29 is 4.79 Å². The molecule has 0 fully saturated rings. The summed E-state index contributed by atoms with van der Waals surface area (Å²) >= 11 is 3.03. The van der Waals surface area contributed by atoms with E-state index in [0.29, 0.717) is 0 Å². The van der Waals surface area contributed by atoms with E-state index in [1.54, 1.807) is 0 Å². The van der Waals surface area contributed by atoms with E-state index < -0.39 is 0 Å². The number of rotatable bonds is 2. The second-order valence-electron chi connectivity index (χ2n) is 3.32. The van der Waals surface area contributed by atoms with Crippen LogP contribution >= 0.6 is 15.9 Å². The molecule has 0 aromatic heterocycles. The standard InChI is InChI=1S/C12H11BrO/c1-9(2)12(14)11-5-3-10(4-6-11)7-8-13/h3-6,9H,1-2H3. The van der Waals surface area contributed by atoms with E-state index in [4.69, 9.17) is 0 Å². The SMILES string of the molecule is CC(C)C(=O)c1ccc(C#CBr)cc1. The third-order valence-electron chi connectivity index (χ3n) is 1.89. The molecule has 0 atom stereocenters. The van der Waals surface area contributed by atoms with Crippen molar-refractivity contribution in [2.45, 2.75) is 13.8 Å². The van der Waals surface area contributed by atoms with E-state index in [2.05, 4.69) is 26.7 Å². The van der Waals surface area contributed by atoms with Crippen molar-refractivity contribution in [1.82, 2.24) is 0 Å². The van der Waals surface area contributed by atoms with Crippen LogP contribution in [0.25, 0.3) is 0 Å². The number of carbonyl (C=O) groups excluding carboxylic acids is 1. The van der Waals surface area contributed by atoms with E-state index in [-0.39, 0.29) is 11.7 Å². The zero-order valence-electron chi connectivity index (χ0n) is 8.17. The first kappa shape index (κ1) is 11.0. The Kier molecular flexibility index (Phi) is 3.91. The van der Waals surface area contributed by atoms with E-state index in [9.17, 15) is 4.79 Å². The number of benzene rings is 1. The lowest BCUT2D eigenvalue weighted by molar-refractivity contribution is 0.0939. The molecule has 1 aromatic rings. The van der Waals surface area contributed by atoms with Gasteiger partial charge in [0.1, 0.15) is 0 Å². The molecule has 0 spiro atoms. The van der Waals surface area contributed by atoms with E-state index in [1.807, 2.05) is 38.1 Å². The number of Topliss-reactive ketones (excluding diaryl/α,β-unsaturated/α-hetero) is 1. The molecule has 14 heavy (non-hydrogen) atoms. The van der Waals surface area contributed by atoms with Crippen LogP contribution in [0.1, 0.15) is 29.8 Å². The minimum Gasteiger partial charge on any atom is -0.294 e. The smallest absolute Gasteiger partial charge is 0.165 e. The summed E-state index contributed by atoms with van der Waals surface area (Å²) in [6.07, 6.45) is 0. The average molecular weight is 251 g/mol. The summed E-state index contributed by atoms with van der Waals surface area (Å²) in [5.41, 5.74) is 1.65. The first-order valence-electron chi connectivity index (χ1n) is 4.41. The van der Waals surface area contributed by atoms with Gasteiger partial charge in [-0.3, -0.25) is 4.79 Å². The minimum absolute atomic E-state index is 0.0445. The number of hydrogen-bond acceptors (Lipinski definition) is 1. The minimum atomic E-state index is 0.0445. The number of hydrogen-bond donors (Lipinski definition) is 0. The highest BCUT2D eigenvalue weighted by atomic mass is 79.9. The topological polar surface area (TPSA) is 17.1 Å². The fourth-order valence-electron chi connectivity index (χ4n) is 1.11. The fourth-order valence-corrected chi connectivity index (χ4v) is 1.33. The summed E-state index contributed by atoms with van der Waals surface area (Å²) in [7, 11) is 0. The van der Waals surface area contributed by atoms with Gasteiger partial charge in [-0.2, -0.15) is 0 Å². The third-order valence-corrected chi connectivity index (χ3v) is 2.08. The summed E-state index contributed by atoms with van der Waals surface area (Å²) in [5.74, 6) is 3.07. The Morgan fingerprint density at radius 1 is 1.29 bits per heavy atom. The van der Waals surface area contributed by atoms with Gasteiger partial charge in [-0.1, -0.05) is 31.9 Å². The van der Waals surface area contributed by atoms with Crippen LogP contribution in [-0.4, -0.2) is 5.78 Å². The predicted octanol–water partition coefficient (Wildman–Crippen LogP) is 3.23. The fraction of sp³-hybridized carbons (Fsp3) is 0.250. The summed E-state index contributed by atoms with van der Waals surface area (Å²) in [4.78, 5) is 14.2. The van der Waals surface area contributed by atoms with Crippen LogP contribution in [0.4, 0.5) is 0 Å². The molecule has 0 aliphatic heterocycles. The van der Waals surface area contributed by atoms with Crippen molar-refractivity contribution >= 4 is 21.7 Å². The Morgan fingerprint density at radius 3 is 2.29 bits per heavy atom. The van der Waals surface area contributed by atoms with Crippen LogP contribution in [0.3, 0.4) is 0 Å². The van der Waals surface area contributed by atoms with Gasteiger partial charge in [-0.05, 0) is 17.0 Å². The molecule has 0 heterocycles. The molecule has 72 valence electrons. The van der Waals surface area contributed by atoms with Gasteiger partial charge in [0, 0.05) is 33.0 Å². The summed E-state index contributed by atoms with van der Waals surface area (Å²) < 4.78 is 0. The number of carbonyl (C=O) groups is 1. The Morgan fingerprint density at radius 2 is 1.86 bits per heavy atom. The first-order chi connectivity index (χ1) is 6.65. The third kappa shape index (κ3) is 2.71. The lowest BCUT2D eigenvalue weighted by atomic mass is 10.0. The molecule has 0 aliphatic rings. The predicted molar refractivity (Wildman–Crippen MR) is 61.4 cm³/mol. The highest BCUT2D eigenvalue weighted by molar-refractivity contribution is 9.12. The van der Waals surface area contributed by atoms with Gasteiger partial charge >= 0.3 is 0 Å². The number of halogens is 1. The monoisotopic (exact) mass is 250 g/mol. The summed E-state index contributed by atoms with van der Waals surface area (Å²) in [6.45, 7) is 3.79. The van der Waals surface area contributed by atoms with Crippen molar-refractivity contribution in [2.75, 3.05) is 0 Å². The zero-order valence-corrected chi connectivity index (χ0v) is 9.76. The van der Waals surface area contributed by atoms with Crippen LogP contribution in [-0.2, 0) is 0 Å². The maximum Gasteiger partial charge on any atom is 0.165 e. The molecule has 0 aliphatic carbocycles. The molecular weight excluding hydrogens is 240 g/mol. The lowest BCUT2D eigenvalue weighted by Crippen LogP contribution is -2.06. The van der Waals surface area contributed by atoms with Crippen LogP contribution < -0.4 is 0 Å². The van der Waals surface area contributed by atoms with Crippen LogP contribution in [0.5, 0.6) is 0 Å². The molecule has 0 N–H and O–H groups in total. The van der Waals surface area contributed by atoms with Gasteiger partial charge in [0.2, 0.25) is 0 Å². The van der Waals surface area contributed by atoms with Crippen LogP contribution in [0.2, 0.25) is 0 Å². The molecule has 1 nitrogen and oxygen atoms in total. The Balaban J connectivity index is 2.92. The molecule has 0 saturated carbocycles. The van der Waals surface area contributed by atoms with Crippen molar-refractivity contribution in [1.29, 1.82) is 0 Å². The molecule has 1 aromatic carbocycles. The summed E-state index contributed by atoms with van der Waals surface area (Å²) in [5, 5.41) is 0. The quantitative estimate of drug-likeness (QED) is 0.582. The van der Waals surface area contributed by atoms with Crippen molar-refractivity contribution in [3.63, 3.8) is 0 Å². The van der Waals surface area contributed by atoms with Crippen LogP contribution in [0, 0.1) is 16.7 Å². The number of ketones is 1. The second-order valence-corrected chi connectivity index (χ2v) is 3.71. The van der Waals surface area contributed by atoms with Gasteiger partial charge in [-0.25, -0.2) is 0 Å². The van der Waals surface area contributed by atoms with Crippen molar-refractivity contribution in [3.05, 3.63) is 35.4 Å². The Labute approximate surface area is 92.6 Å². The molecule has 0 radical (unpaired) electrons. The maximum absolute atomic E-state index is 11.6. The van der Waals surface area contributed by atoms with Gasteiger partial charge in [0.15, 0.2) is 5.78 Å². The highest BCUT2D eigenvalue weighted by Crippen LogP contribution is 2.09. The zero-order chi connectivity index (χ0) is 10.6. The van der Waals surface area contributed by atoms with Gasteiger partial charge in [-0.15, -0.1) is 0 Å². The van der Waals surface area contributed by atoms with Gasteiger partial charge in [0.05, 0.1) is 0 Å². The Hall–Kier alpha value is -1.07. The molecule has 2 heteroatoms. The average Bonchev–Trinajstić information content (AvgIpc) is 2.18. The molecule has 0 amide bonds. The lowest BCUT2D eigenvalue weighted by Gasteiger charge is -2.03. The Bertz CT molecular complexity index is 379. The van der Waals surface area contributed by atoms with Crippen molar-refractivity contribution in [2.24, 2.45) is 5.92 Å². The molecule has 1 rings (SSSR count). The van der Waals surface area contributed by atoms with Crippen LogP contribution in [0.15, 0.2) is 24.3 Å². The van der Waals surface area contributed by atoms with E-state index >= 15 is 0 Å². The highest BCUT2D eigenvalue weighted by Gasteiger charge is 2.09. The van der Waals surface area contributed by atoms with Gasteiger partial charge in [0.25, 0.3) is 0 Å². The molecule has 0 saturated heterocycles. The first-order valence-corrected chi connectivity index (χ1v) is 5.20. The maximum atomic E-state index is 11.6. The molecule has 0 unspecified atom stereocenters. The summed E-state index contributed by atoms with van der Waals surface area (Å²) in [6, 6.07) is 7.33. The molecule has 0 bridgehead atoms. The second kappa shape index (κ2) is 4.97. The molecular formula is C12H11BrO. The normalized spacial score (nSPS) is 9.43. The van der Waals surface area contributed by atoms with E-state index in [0.717, 1.165) is 11.1 Å². The van der Waals surface area contributed by atoms with E-state index in [1.165, 1.54) is 0 Å².